The van der Waals surface area contributed by atoms with E-state index in [0.29, 0.717) is 0 Å². The molecule has 1 aliphatic carbocycles. The average molecular weight is 383 g/mol. The standard InChI is InChI=1S/C24H31FN2O/c25-21-7-5-6-20(18-21)9-15-26-16-12-23(22-8-1-4-14-27-22)13-17-28-24(19-23)10-2-3-11-24/h1,4-8,14,18,26H,2-3,9-13,15-17,19H2. The molecule has 3 nitrogen and oxygen atoms in total. The number of hydrogen-bond acceptors (Lipinski definition) is 3. The molecular weight excluding hydrogens is 351 g/mol. The van der Waals surface area contributed by atoms with Crippen molar-refractivity contribution in [1.29, 1.82) is 0 Å². The van der Waals surface area contributed by atoms with Crippen LogP contribution >= 0.6 is 0 Å². The Morgan fingerprint density at radius 3 is 2.71 bits per heavy atom. The number of pyridine rings is 1. The first-order valence-corrected chi connectivity index (χ1v) is 10.7. The summed E-state index contributed by atoms with van der Waals surface area (Å²) in [5.74, 6) is -0.157. The highest BCUT2D eigenvalue weighted by molar-refractivity contribution is 5.21. The Hall–Kier alpha value is -1.78. The second-order valence-electron chi connectivity index (χ2n) is 8.54. The van der Waals surface area contributed by atoms with Gasteiger partial charge in [-0.1, -0.05) is 31.0 Å². The van der Waals surface area contributed by atoms with Gasteiger partial charge in [0.15, 0.2) is 0 Å². The maximum Gasteiger partial charge on any atom is 0.123 e. The van der Waals surface area contributed by atoms with Crippen LogP contribution in [-0.2, 0) is 16.6 Å². The zero-order valence-corrected chi connectivity index (χ0v) is 16.6. The number of nitrogens with one attached hydrogen (secondary N) is 1. The first-order valence-electron chi connectivity index (χ1n) is 10.7. The molecule has 1 saturated heterocycles. The molecule has 4 heteroatoms. The summed E-state index contributed by atoms with van der Waals surface area (Å²) in [5, 5.41) is 3.58. The highest BCUT2D eigenvalue weighted by Gasteiger charge is 2.48. The summed E-state index contributed by atoms with van der Waals surface area (Å²) in [4.78, 5) is 4.76. The Kier molecular flexibility index (Phi) is 6.07. The molecule has 1 atom stereocenters. The number of nitrogens with zero attached hydrogens (tertiary/aromatic N) is 1. The predicted octanol–water partition coefficient (Wildman–Crippen LogP) is 4.80. The minimum atomic E-state index is -0.157. The molecule has 1 saturated carbocycles. The van der Waals surface area contributed by atoms with Gasteiger partial charge in [-0.05, 0) is 81.4 Å². The second kappa shape index (κ2) is 8.71. The first-order chi connectivity index (χ1) is 13.7. The van der Waals surface area contributed by atoms with E-state index in [-0.39, 0.29) is 16.8 Å². The normalized spacial score (nSPS) is 23.9. The second-order valence-corrected chi connectivity index (χ2v) is 8.54. The molecule has 1 aliphatic heterocycles. The van der Waals surface area contributed by atoms with E-state index in [9.17, 15) is 4.39 Å². The highest BCUT2D eigenvalue weighted by Crippen LogP contribution is 2.49. The lowest BCUT2D eigenvalue weighted by Gasteiger charge is -2.46. The van der Waals surface area contributed by atoms with Crippen molar-refractivity contribution in [3.63, 3.8) is 0 Å². The van der Waals surface area contributed by atoms with E-state index in [2.05, 4.69) is 17.4 Å². The highest BCUT2D eigenvalue weighted by atomic mass is 19.1. The molecule has 1 N–H and O–H groups in total. The van der Waals surface area contributed by atoms with Crippen LogP contribution in [0.15, 0.2) is 48.7 Å². The van der Waals surface area contributed by atoms with E-state index in [1.54, 1.807) is 12.1 Å². The molecule has 1 spiro atoms. The number of ether oxygens (including phenoxy) is 1. The quantitative estimate of drug-likeness (QED) is 0.698. The largest absolute Gasteiger partial charge is 0.375 e. The third-order valence-corrected chi connectivity index (χ3v) is 6.63. The van der Waals surface area contributed by atoms with Crippen LogP contribution in [0, 0.1) is 5.82 Å². The van der Waals surface area contributed by atoms with Crippen molar-refractivity contribution in [2.75, 3.05) is 19.7 Å². The number of hydrogen-bond donors (Lipinski definition) is 1. The fraction of sp³-hybridized carbons (Fsp3) is 0.542. The Morgan fingerprint density at radius 2 is 1.93 bits per heavy atom. The summed E-state index contributed by atoms with van der Waals surface area (Å²) in [5.41, 5.74) is 2.42. The lowest BCUT2D eigenvalue weighted by atomic mass is 9.68. The van der Waals surface area contributed by atoms with Gasteiger partial charge in [0.1, 0.15) is 5.82 Å². The van der Waals surface area contributed by atoms with Crippen molar-refractivity contribution < 1.29 is 9.13 Å². The van der Waals surface area contributed by atoms with Crippen molar-refractivity contribution in [3.8, 4) is 0 Å². The monoisotopic (exact) mass is 382 g/mol. The molecule has 0 radical (unpaired) electrons. The van der Waals surface area contributed by atoms with E-state index in [1.807, 2.05) is 18.3 Å². The van der Waals surface area contributed by atoms with Gasteiger partial charge in [0.2, 0.25) is 0 Å². The molecule has 1 aromatic carbocycles. The zero-order chi connectivity index (χ0) is 19.3. The van der Waals surface area contributed by atoms with Crippen molar-refractivity contribution in [3.05, 3.63) is 65.7 Å². The van der Waals surface area contributed by atoms with Crippen LogP contribution in [0.5, 0.6) is 0 Å². The Balaban J connectivity index is 1.39. The molecule has 2 fully saturated rings. The molecule has 2 heterocycles. The Morgan fingerprint density at radius 1 is 1.04 bits per heavy atom. The van der Waals surface area contributed by atoms with Crippen LogP contribution < -0.4 is 5.32 Å². The van der Waals surface area contributed by atoms with Crippen LogP contribution in [0.4, 0.5) is 4.39 Å². The molecule has 0 bridgehead atoms. The van der Waals surface area contributed by atoms with E-state index in [1.165, 1.54) is 37.4 Å². The lowest BCUT2D eigenvalue weighted by molar-refractivity contribution is -0.104. The Bertz CT molecular complexity index is 760. The molecule has 1 unspecified atom stereocenters. The van der Waals surface area contributed by atoms with Gasteiger partial charge in [0.05, 0.1) is 5.60 Å². The maximum atomic E-state index is 13.3. The topological polar surface area (TPSA) is 34.2 Å². The van der Waals surface area contributed by atoms with Gasteiger partial charge in [-0.15, -0.1) is 0 Å². The van der Waals surface area contributed by atoms with E-state index in [4.69, 9.17) is 9.72 Å². The molecule has 150 valence electrons. The van der Waals surface area contributed by atoms with Crippen LogP contribution in [0.2, 0.25) is 0 Å². The number of halogens is 1. The molecule has 1 aromatic heterocycles. The van der Waals surface area contributed by atoms with Gasteiger partial charge in [-0.2, -0.15) is 0 Å². The van der Waals surface area contributed by atoms with E-state index < -0.39 is 0 Å². The summed E-state index contributed by atoms with van der Waals surface area (Å²) in [6.45, 7) is 2.64. The van der Waals surface area contributed by atoms with E-state index in [0.717, 1.165) is 50.9 Å². The minimum Gasteiger partial charge on any atom is -0.375 e. The summed E-state index contributed by atoms with van der Waals surface area (Å²) in [6, 6.07) is 13.2. The maximum absolute atomic E-state index is 13.3. The van der Waals surface area contributed by atoms with Gasteiger partial charge < -0.3 is 10.1 Å². The van der Waals surface area contributed by atoms with E-state index >= 15 is 0 Å². The Labute approximate surface area is 167 Å². The lowest BCUT2D eigenvalue weighted by Crippen LogP contribution is -2.47. The zero-order valence-electron chi connectivity index (χ0n) is 16.6. The fourth-order valence-electron chi connectivity index (χ4n) is 5.17. The van der Waals surface area contributed by atoms with Gasteiger partial charge in [-0.3, -0.25) is 4.98 Å². The van der Waals surface area contributed by atoms with Crippen LogP contribution in [-0.4, -0.2) is 30.3 Å². The third-order valence-electron chi connectivity index (χ3n) is 6.63. The predicted molar refractivity (Wildman–Crippen MR) is 110 cm³/mol. The summed E-state index contributed by atoms with van der Waals surface area (Å²) >= 11 is 0. The van der Waals surface area contributed by atoms with Gasteiger partial charge in [0.25, 0.3) is 0 Å². The van der Waals surface area contributed by atoms with Gasteiger partial charge >= 0.3 is 0 Å². The van der Waals surface area contributed by atoms with Gasteiger partial charge in [0, 0.05) is 23.9 Å². The van der Waals surface area contributed by atoms with Crippen LogP contribution in [0.1, 0.15) is 56.2 Å². The molecule has 0 amide bonds. The van der Waals surface area contributed by atoms with Crippen LogP contribution in [0.3, 0.4) is 0 Å². The molecule has 2 aromatic rings. The van der Waals surface area contributed by atoms with Crippen molar-refractivity contribution in [2.45, 2.75) is 62.4 Å². The van der Waals surface area contributed by atoms with Gasteiger partial charge in [-0.25, -0.2) is 4.39 Å². The molecule has 28 heavy (non-hydrogen) atoms. The first kappa shape index (κ1) is 19.5. The number of benzene rings is 1. The third kappa shape index (κ3) is 4.44. The molecular formula is C24H31FN2O. The van der Waals surface area contributed by atoms with Crippen molar-refractivity contribution in [2.24, 2.45) is 0 Å². The average Bonchev–Trinajstić information content (AvgIpc) is 3.16. The minimum absolute atomic E-state index is 0.0668. The number of rotatable bonds is 7. The SMILES string of the molecule is Fc1cccc(CCNCCC2(c3ccccn3)CCOC3(CCCC3)C2)c1. The summed E-state index contributed by atoms with van der Waals surface area (Å²) in [6.07, 6.45) is 10.9. The molecule has 4 rings (SSSR count). The molecule has 2 aliphatic rings. The van der Waals surface area contributed by atoms with Crippen molar-refractivity contribution >= 4 is 0 Å². The number of aromatic nitrogens is 1. The fourth-order valence-corrected chi connectivity index (χ4v) is 5.17. The van der Waals surface area contributed by atoms with Crippen LogP contribution in [0.25, 0.3) is 0 Å². The summed E-state index contributed by atoms with van der Waals surface area (Å²) in [7, 11) is 0. The van der Waals surface area contributed by atoms with Crippen molar-refractivity contribution in [1.82, 2.24) is 10.3 Å². The summed E-state index contributed by atoms with van der Waals surface area (Å²) < 4.78 is 19.6. The smallest absolute Gasteiger partial charge is 0.123 e.